The Bertz CT molecular complexity index is 350. The summed E-state index contributed by atoms with van der Waals surface area (Å²) in [6.45, 7) is 1.80. The third-order valence-electron chi connectivity index (χ3n) is 1.69. The van der Waals surface area contributed by atoms with Gasteiger partial charge in [-0.1, -0.05) is 11.6 Å². The van der Waals surface area contributed by atoms with Crippen LogP contribution in [0.15, 0.2) is 17.0 Å². The zero-order chi connectivity index (χ0) is 10.0. The van der Waals surface area contributed by atoms with Crippen LogP contribution in [0.4, 0.5) is 0 Å². The Morgan fingerprint density at radius 3 is 2.62 bits per heavy atom. The van der Waals surface area contributed by atoms with Gasteiger partial charge in [0.05, 0.1) is 10.6 Å². The van der Waals surface area contributed by atoms with Gasteiger partial charge >= 0.3 is 5.97 Å². The van der Waals surface area contributed by atoms with Crippen LogP contribution in [0.2, 0.25) is 5.02 Å². The molecule has 0 aliphatic carbocycles. The Balaban J connectivity index is 3.33. The van der Waals surface area contributed by atoms with Gasteiger partial charge in [0.1, 0.15) is 0 Å². The Kier molecular flexibility index (Phi) is 3.22. The van der Waals surface area contributed by atoms with Crippen LogP contribution in [-0.2, 0) is 0 Å². The first-order chi connectivity index (χ1) is 6.06. The van der Waals surface area contributed by atoms with Crippen molar-refractivity contribution in [2.45, 2.75) is 11.8 Å². The predicted octanol–water partition coefficient (Wildman–Crippen LogP) is 3.07. The first kappa shape index (κ1) is 10.4. The summed E-state index contributed by atoms with van der Waals surface area (Å²) in [6.07, 6.45) is 1.90. The summed E-state index contributed by atoms with van der Waals surface area (Å²) in [6, 6.07) is 3.46. The average molecular weight is 217 g/mol. The summed E-state index contributed by atoms with van der Waals surface area (Å²) in [5.74, 6) is -0.982. The Morgan fingerprint density at radius 2 is 2.15 bits per heavy atom. The quantitative estimate of drug-likeness (QED) is 0.772. The highest BCUT2D eigenvalue weighted by atomic mass is 35.5. The molecule has 0 radical (unpaired) electrons. The standard InChI is InChI=1S/C9H9ClO2S/c1-5-3-6(13-2)4-7(8(5)10)9(11)12/h3-4H,1-2H3,(H,11,12). The highest BCUT2D eigenvalue weighted by Crippen LogP contribution is 2.26. The van der Waals surface area contributed by atoms with Gasteiger partial charge in [-0.2, -0.15) is 0 Å². The minimum Gasteiger partial charge on any atom is -0.478 e. The summed E-state index contributed by atoms with van der Waals surface area (Å²) in [5.41, 5.74) is 0.969. The molecule has 0 fully saturated rings. The largest absolute Gasteiger partial charge is 0.478 e. The van der Waals surface area contributed by atoms with Crippen LogP contribution in [0.5, 0.6) is 0 Å². The van der Waals surface area contributed by atoms with Crippen LogP contribution in [0.1, 0.15) is 15.9 Å². The summed E-state index contributed by atoms with van der Waals surface area (Å²) in [7, 11) is 0. The molecule has 0 spiro atoms. The van der Waals surface area contributed by atoms with Crippen LogP contribution in [0.25, 0.3) is 0 Å². The highest BCUT2D eigenvalue weighted by molar-refractivity contribution is 7.98. The molecule has 0 saturated heterocycles. The summed E-state index contributed by atoms with van der Waals surface area (Å²) >= 11 is 7.33. The van der Waals surface area contributed by atoms with E-state index in [2.05, 4.69) is 0 Å². The number of hydrogen-bond acceptors (Lipinski definition) is 2. The van der Waals surface area contributed by atoms with Gasteiger partial charge in [0.2, 0.25) is 0 Å². The normalized spacial score (nSPS) is 10.1. The van der Waals surface area contributed by atoms with Gasteiger partial charge in [-0.05, 0) is 30.9 Å². The average Bonchev–Trinajstić information content (AvgIpc) is 2.09. The molecule has 70 valence electrons. The molecule has 0 aliphatic rings. The number of carboxylic acid groups (broad SMARTS) is 1. The molecule has 0 amide bonds. The molecule has 13 heavy (non-hydrogen) atoms. The van der Waals surface area contributed by atoms with Crippen molar-refractivity contribution < 1.29 is 9.90 Å². The van der Waals surface area contributed by atoms with Crippen molar-refractivity contribution in [3.05, 3.63) is 28.3 Å². The van der Waals surface area contributed by atoms with Gasteiger partial charge in [0, 0.05) is 4.90 Å². The number of hydrogen-bond donors (Lipinski definition) is 1. The number of aromatic carboxylic acids is 1. The first-order valence-electron chi connectivity index (χ1n) is 3.63. The zero-order valence-electron chi connectivity index (χ0n) is 7.30. The van der Waals surface area contributed by atoms with Gasteiger partial charge in [-0.3, -0.25) is 0 Å². The summed E-state index contributed by atoms with van der Waals surface area (Å²) < 4.78 is 0. The fraction of sp³-hybridized carbons (Fsp3) is 0.222. The van der Waals surface area contributed by atoms with Crippen LogP contribution in [0.3, 0.4) is 0 Å². The van der Waals surface area contributed by atoms with Crippen molar-refractivity contribution in [3.63, 3.8) is 0 Å². The Labute approximate surface area is 85.9 Å². The highest BCUT2D eigenvalue weighted by Gasteiger charge is 2.11. The molecule has 1 aromatic carbocycles. The fourth-order valence-corrected chi connectivity index (χ4v) is 1.73. The molecule has 0 saturated carbocycles. The van der Waals surface area contributed by atoms with Gasteiger partial charge in [0.25, 0.3) is 0 Å². The predicted molar refractivity (Wildman–Crippen MR) is 54.9 cm³/mol. The van der Waals surface area contributed by atoms with E-state index in [-0.39, 0.29) is 5.56 Å². The number of carbonyl (C=O) groups is 1. The molecular weight excluding hydrogens is 208 g/mol. The molecule has 4 heteroatoms. The Morgan fingerprint density at radius 1 is 1.54 bits per heavy atom. The number of carboxylic acids is 1. The zero-order valence-corrected chi connectivity index (χ0v) is 8.87. The minimum atomic E-state index is -0.982. The van der Waals surface area contributed by atoms with Gasteiger partial charge in [-0.25, -0.2) is 4.79 Å². The van der Waals surface area contributed by atoms with Crippen molar-refractivity contribution in [1.82, 2.24) is 0 Å². The molecule has 0 unspecified atom stereocenters. The van der Waals surface area contributed by atoms with E-state index in [4.69, 9.17) is 16.7 Å². The minimum absolute atomic E-state index is 0.172. The molecule has 1 rings (SSSR count). The van der Waals surface area contributed by atoms with Crippen LogP contribution < -0.4 is 0 Å². The van der Waals surface area contributed by atoms with E-state index in [1.165, 1.54) is 11.8 Å². The smallest absolute Gasteiger partial charge is 0.337 e. The molecule has 0 aliphatic heterocycles. The van der Waals surface area contributed by atoms with E-state index in [0.29, 0.717) is 5.02 Å². The van der Waals surface area contributed by atoms with E-state index >= 15 is 0 Å². The third kappa shape index (κ3) is 2.17. The molecule has 2 nitrogen and oxygen atoms in total. The van der Waals surface area contributed by atoms with Crippen LogP contribution in [0, 0.1) is 6.92 Å². The molecule has 0 aromatic heterocycles. The topological polar surface area (TPSA) is 37.3 Å². The Hall–Kier alpha value is -0.670. The first-order valence-corrected chi connectivity index (χ1v) is 5.24. The van der Waals surface area contributed by atoms with Gasteiger partial charge in [-0.15, -0.1) is 11.8 Å². The maximum atomic E-state index is 10.7. The van der Waals surface area contributed by atoms with E-state index in [1.807, 2.05) is 12.3 Å². The summed E-state index contributed by atoms with van der Waals surface area (Å²) in [5, 5.41) is 9.14. The molecular formula is C9H9ClO2S. The second kappa shape index (κ2) is 4.03. The number of benzene rings is 1. The number of halogens is 1. The number of thioether (sulfide) groups is 1. The van der Waals surface area contributed by atoms with Crippen molar-refractivity contribution in [3.8, 4) is 0 Å². The second-order valence-corrected chi connectivity index (χ2v) is 3.87. The number of rotatable bonds is 2. The molecule has 1 aromatic rings. The van der Waals surface area contributed by atoms with Crippen molar-refractivity contribution in [2.24, 2.45) is 0 Å². The lowest BCUT2D eigenvalue weighted by Gasteiger charge is -2.05. The lowest BCUT2D eigenvalue weighted by Crippen LogP contribution is -1.99. The van der Waals surface area contributed by atoms with E-state index in [1.54, 1.807) is 13.0 Å². The lowest BCUT2D eigenvalue weighted by molar-refractivity contribution is 0.0696. The second-order valence-electron chi connectivity index (χ2n) is 2.61. The van der Waals surface area contributed by atoms with Crippen molar-refractivity contribution >= 4 is 29.3 Å². The van der Waals surface area contributed by atoms with Gasteiger partial charge in [0.15, 0.2) is 0 Å². The number of aryl methyl sites for hydroxylation is 1. The fourth-order valence-electron chi connectivity index (χ4n) is 1.01. The monoisotopic (exact) mass is 216 g/mol. The summed E-state index contributed by atoms with van der Waals surface area (Å²) in [4.78, 5) is 11.7. The molecule has 1 N–H and O–H groups in total. The molecule has 0 heterocycles. The van der Waals surface area contributed by atoms with Crippen molar-refractivity contribution in [1.29, 1.82) is 0 Å². The maximum Gasteiger partial charge on any atom is 0.337 e. The van der Waals surface area contributed by atoms with E-state index in [0.717, 1.165) is 10.5 Å². The third-order valence-corrected chi connectivity index (χ3v) is 2.90. The lowest BCUT2D eigenvalue weighted by atomic mass is 10.1. The SMILES string of the molecule is CSc1cc(C)c(Cl)c(C(=O)O)c1. The van der Waals surface area contributed by atoms with E-state index < -0.39 is 5.97 Å². The molecule has 0 bridgehead atoms. The van der Waals surface area contributed by atoms with Gasteiger partial charge < -0.3 is 5.11 Å². The van der Waals surface area contributed by atoms with Crippen LogP contribution >= 0.6 is 23.4 Å². The van der Waals surface area contributed by atoms with Crippen molar-refractivity contribution in [2.75, 3.05) is 6.26 Å². The van der Waals surface area contributed by atoms with Crippen LogP contribution in [-0.4, -0.2) is 17.3 Å². The van der Waals surface area contributed by atoms with E-state index in [9.17, 15) is 4.79 Å². The molecule has 0 atom stereocenters. The maximum absolute atomic E-state index is 10.7.